The van der Waals surface area contributed by atoms with Gasteiger partial charge in [0.2, 0.25) is 0 Å². The molecule has 7 rings (SSSR count). The highest BCUT2D eigenvalue weighted by Crippen LogP contribution is 2.71. The molecule has 0 heterocycles. The van der Waals surface area contributed by atoms with Crippen molar-refractivity contribution in [3.63, 3.8) is 0 Å². The summed E-state index contributed by atoms with van der Waals surface area (Å²) in [7, 11) is 0. The van der Waals surface area contributed by atoms with Crippen molar-refractivity contribution < 1.29 is 0 Å². The third kappa shape index (κ3) is 1.40. The quantitative estimate of drug-likeness (QED) is 0.589. The lowest BCUT2D eigenvalue weighted by Crippen LogP contribution is -2.60. The zero-order valence-electron chi connectivity index (χ0n) is 13.7. The van der Waals surface area contributed by atoms with E-state index in [1.807, 2.05) is 0 Å². The molecule has 0 aromatic heterocycles. The first-order valence-corrected chi connectivity index (χ1v) is 9.48. The molecule has 0 aliphatic heterocycles. The summed E-state index contributed by atoms with van der Waals surface area (Å²) in [5, 5.41) is 0. The van der Waals surface area contributed by atoms with Crippen molar-refractivity contribution in [2.45, 2.75) is 72.1 Å². The molecule has 0 saturated heterocycles. The van der Waals surface area contributed by atoms with Gasteiger partial charge in [0.05, 0.1) is 0 Å². The van der Waals surface area contributed by atoms with Gasteiger partial charge in [0.25, 0.3) is 0 Å². The molecule has 0 heteroatoms. The zero-order valence-corrected chi connectivity index (χ0v) is 13.7. The monoisotopic (exact) mass is 272 g/mol. The van der Waals surface area contributed by atoms with Gasteiger partial charge in [-0.15, -0.1) is 0 Å². The minimum atomic E-state index is 0.679. The third-order valence-corrected chi connectivity index (χ3v) is 9.23. The second-order valence-electron chi connectivity index (χ2n) is 10.3. The summed E-state index contributed by atoms with van der Waals surface area (Å²) >= 11 is 0. The Labute approximate surface area is 125 Å². The van der Waals surface area contributed by atoms with E-state index >= 15 is 0 Å². The van der Waals surface area contributed by atoms with Gasteiger partial charge in [-0.25, -0.2) is 0 Å². The third-order valence-electron chi connectivity index (χ3n) is 9.23. The minimum Gasteiger partial charge on any atom is -0.0619 e. The summed E-state index contributed by atoms with van der Waals surface area (Å²) in [6, 6.07) is 0. The molecule has 112 valence electrons. The summed E-state index contributed by atoms with van der Waals surface area (Å²) in [5.74, 6) is 7.67. The Hall–Kier alpha value is 0. The van der Waals surface area contributed by atoms with Crippen molar-refractivity contribution in [2.75, 3.05) is 0 Å². The molecule has 1 unspecified atom stereocenters. The van der Waals surface area contributed by atoms with Crippen LogP contribution in [0.2, 0.25) is 0 Å². The number of fused-ring (bicyclic) bond motifs is 2. The summed E-state index contributed by atoms with van der Waals surface area (Å²) < 4.78 is 0. The highest BCUT2D eigenvalue weighted by atomic mass is 14.7. The van der Waals surface area contributed by atoms with Crippen molar-refractivity contribution in [2.24, 2.45) is 52.3 Å². The van der Waals surface area contributed by atoms with Crippen LogP contribution in [0.25, 0.3) is 0 Å². The van der Waals surface area contributed by atoms with Crippen molar-refractivity contribution >= 4 is 0 Å². The number of hydrogen-bond acceptors (Lipinski definition) is 0. The van der Waals surface area contributed by atoms with Crippen LogP contribution >= 0.6 is 0 Å². The van der Waals surface area contributed by atoms with Gasteiger partial charge in [-0.1, -0.05) is 20.8 Å². The molecule has 0 aromatic carbocycles. The van der Waals surface area contributed by atoms with Crippen molar-refractivity contribution in [1.82, 2.24) is 0 Å². The Morgan fingerprint density at radius 1 is 0.700 bits per heavy atom. The smallest absolute Gasteiger partial charge is 0.0259 e. The Balaban J connectivity index is 1.46. The van der Waals surface area contributed by atoms with Gasteiger partial charge in [0, 0.05) is 0 Å². The number of rotatable bonds is 1. The van der Waals surface area contributed by atoms with Gasteiger partial charge < -0.3 is 0 Å². The molecule has 0 radical (unpaired) electrons. The minimum absolute atomic E-state index is 0.679. The lowest BCUT2D eigenvalue weighted by Gasteiger charge is -2.68. The Bertz CT molecular complexity index is 396. The van der Waals surface area contributed by atoms with Crippen LogP contribution in [0.3, 0.4) is 0 Å². The Morgan fingerprint density at radius 2 is 1.20 bits per heavy atom. The molecule has 4 atom stereocenters. The Morgan fingerprint density at radius 3 is 1.65 bits per heavy atom. The highest BCUT2D eigenvalue weighted by Gasteiger charge is 2.63. The average molecular weight is 272 g/mol. The van der Waals surface area contributed by atoms with Gasteiger partial charge in [-0.2, -0.15) is 0 Å². The van der Waals surface area contributed by atoms with E-state index < -0.39 is 0 Å². The van der Waals surface area contributed by atoms with Crippen LogP contribution in [0.5, 0.6) is 0 Å². The van der Waals surface area contributed by atoms with Crippen molar-refractivity contribution in [3.8, 4) is 0 Å². The summed E-state index contributed by atoms with van der Waals surface area (Å²) in [4.78, 5) is 0. The lowest BCUT2D eigenvalue weighted by atomic mass is 9.36. The van der Waals surface area contributed by atoms with E-state index in [-0.39, 0.29) is 0 Å². The van der Waals surface area contributed by atoms with E-state index in [9.17, 15) is 0 Å². The van der Waals surface area contributed by atoms with Gasteiger partial charge in [0.15, 0.2) is 0 Å². The van der Waals surface area contributed by atoms with Gasteiger partial charge in [-0.3, -0.25) is 0 Å². The van der Waals surface area contributed by atoms with Crippen LogP contribution < -0.4 is 0 Å². The highest BCUT2D eigenvalue weighted by molar-refractivity contribution is 5.12. The van der Waals surface area contributed by atoms with E-state index in [1.54, 1.807) is 51.4 Å². The van der Waals surface area contributed by atoms with Gasteiger partial charge in [0.1, 0.15) is 0 Å². The number of hydrogen-bond donors (Lipinski definition) is 0. The van der Waals surface area contributed by atoms with E-state index in [0.29, 0.717) is 5.41 Å². The maximum absolute atomic E-state index is 2.64. The maximum atomic E-state index is 2.64. The molecule has 0 spiro atoms. The van der Waals surface area contributed by atoms with Crippen molar-refractivity contribution in [3.05, 3.63) is 0 Å². The molecule has 20 heavy (non-hydrogen) atoms. The van der Waals surface area contributed by atoms with E-state index in [0.717, 1.165) is 46.8 Å². The molecule has 7 aliphatic carbocycles. The van der Waals surface area contributed by atoms with Gasteiger partial charge >= 0.3 is 0 Å². The van der Waals surface area contributed by atoms with Crippen LogP contribution in [-0.4, -0.2) is 0 Å². The average Bonchev–Trinajstić information content (AvgIpc) is 2.36. The van der Waals surface area contributed by atoms with E-state index in [1.165, 1.54) is 0 Å². The van der Waals surface area contributed by atoms with Crippen LogP contribution in [-0.2, 0) is 0 Å². The van der Waals surface area contributed by atoms with Crippen molar-refractivity contribution in [1.29, 1.82) is 0 Å². The molecule has 7 aliphatic rings. The first kappa shape index (κ1) is 12.5. The largest absolute Gasteiger partial charge is 0.0619 e. The molecule has 0 nitrogen and oxygen atoms in total. The fraction of sp³-hybridized carbons (Fsp3) is 1.00. The van der Waals surface area contributed by atoms with Crippen LogP contribution in [0.15, 0.2) is 0 Å². The van der Waals surface area contributed by atoms with Crippen LogP contribution in [0.4, 0.5) is 0 Å². The SMILES string of the molecule is C[C@H]1C(C23CC4CC(CC(C4)C2)C3)C[C@@H]2C[C@@H]1C2(C)C. The molecule has 0 N–H and O–H groups in total. The molecular weight excluding hydrogens is 240 g/mol. The second-order valence-corrected chi connectivity index (χ2v) is 10.3. The van der Waals surface area contributed by atoms with Crippen LogP contribution in [0, 0.1) is 52.3 Å². The fourth-order valence-electron chi connectivity index (χ4n) is 8.59. The lowest BCUT2D eigenvalue weighted by molar-refractivity contribution is -0.193. The predicted molar refractivity (Wildman–Crippen MR) is 83.3 cm³/mol. The van der Waals surface area contributed by atoms with E-state index in [2.05, 4.69) is 20.8 Å². The predicted octanol–water partition coefficient (Wildman–Crippen LogP) is 5.52. The Kier molecular flexibility index (Phi) is 2.30. The second kappa shape index (κ2) is 3.66. The summed E-state index contributed by atoms with van der Waals surface area (Å²) in [6.07, 6.45) is 12.9. The fourth-order valence-corrected chi connectivity index (χ4v) is 8.59. The van der Waals surface area contributed by atoms with E-state index in [4.69, 9.17) is 0 Å². The topological polar surface area (TPSA) is 0 Å². The molecular formula is C20H32. The normalized spacial score (nSPS) is 62.2. The first-order valence-electron chi connectivity index (χ1n) is 9.48. The molecule has 7 saturated carbocycles. The molecule has 7 fully saturated rings. The maximum Gasteiger partial charge on any atom is -0.0259 e. The summed E-state index contributed by atoms with van der Waals surface area (Å²) in [6.45, 7) is 7.78. The standard InChI is InChI=1S/C20H32/c1-12-17-7-16(19(17,2)3)8-18(12)20-9-13-4-14(10-20)6-15(5-13)11-20/h12-18H,4-11H2,1-3H3/t12-,13?,14?,15?,16+,17+,18?,20?/m1/s1. The zero-order chi connectivity index (χ0) is 13.7. The molecule has 0 aromatic rings. The molecule has 0 amide bonds. The first-order chi connectivity index (χ1) is 9.48. The van der Waals surface area contributed by atoms with Gasteiger partial charge in [-0.05, 0) is 104 Å². The summed E-state index contributed by atoms with van der Waals surface area (Å²) in [5.41, 5.74) is 1.50. The molecule has 6 bridgehead atoms. The van der Waals surface area contributed by atoms with Crippen LogP contribution in [0.1, 0.15) is 72.1 Å².